The number of fused-ring (bicyclic) bond motifs is 3. The highest BCUT2D eigenvalue weighted by Gasteiger charge is 2.34. The number of furan rings is 1. The van der Waals surface area contributed by atoms with Crippen molar-refractivity contribution >= 4 is 28.3 Å². The van der Waals surface area contributed by atoms with Gasteiger partial charge in [-0.2, -0.15) is 0 Å². The van der Waals surface area contributed by atoms with Crippen LogP contribution in [0.25, 0.3) is 16.5 Å². The molecule has 5 heteroatoms. The third kappa shape index (κ3) is 3.60. The summed E-state index contributed by atoms with van der Waals surface area (Å²) in [7, 11) is 0. The van der Waals surface area contributed by atoms with Gasteiger partial charge >= 0.3 is 6.09 Å². The number of benzene rings is 2. The van der Waals surface area contributed by atoms with E-state index in [9.17, 15) is 4.79 Å². The van der Waals surface area contributed by atoms with E-state index in [2.05, 4.69) is 6.58 Å². The zero-order chi connectivity index (χ0) is 20.8. The van der Waals surface area contributed by atoms with Gasteiger partial charge in [-0.05, 0) is 44.4 Å². The maximum absolute atomic E-state index is 12.8. The fourth-order valence-corrected chi connectivity index (χ4v) is 3.57. The van der Waals surface area contributed by atoms with Crippen molar-refractivity contribution in [1.29, 1.82) is 0 Å². The largest absolute Gasteiger partial charge is 0.485 e. The molecule has 4 rings (SSSR count). The lowest BCUT2D eigenvalue weighted by molar-refractivity contribution is 0.0586. The van der Waals surface area contributed by atoms with E-state index in [1.807, 2.05) is 64.1 Å². The standard InChI is InChI=1S/C24H25NO4/c1-15-12-25(23(26)29-24(3,4)5)18-11-19(27-14-17-9-7-6-8-10-17)22-21(20(15)18)16(2)13-28-22/h6-11,13H,1,12,14H2,2-5H3. The van der Waals surface area contributed by atoms with Crippen LogP contribution >= 0.6 is 0 Å². The summed E-state index contributed by atoms with van der Waals surface area (Å²) in [6, 6.07) is 11.8. The lowest BCUT2D eigenvalue weighted by Gasteiger charge is -2.25. The molecule has 0 atom stereocenters. The highest BCUT2D eigenvalue weighted by molar-refractivity contribution is 6.10. The number of carbonyl (C=O) groups is 1. The van der Waals surface area contributed by atoms with Crippen molar-refractivity contribution in [1.82, 2.24) is 0 Å². The molecule has 2 heterocycles. The number of ether oxygens (including phenoxy) is 2. The van der Waals surface area contributed by atoms with Crippen molar-refractivity contribution in [2.45, 2.75) is 39.9 Å². The summed E-state index contributed by atoms with van der Waals surface area (Å²) in [6.45, 7) is 12.5. The molecule has 0 saturated heterocycles. The molecule has 0 aliphatic carbocycles. The monoisotopic (exact) mass is 391 g/mol. The first-order valence-electron chi connectivity index (χ1n) is 9.65. The molecule has 1 aliphatic rings. The second-order valence-corrected chi connectivity index (χ2v) is 8.34. The summed E-state index contributed by atoms with van der Waals surface area (Å²) >= 11 is 0. The van der Waals surface area contributed by atoms with Gasteiger partial charge in [-0.15, -0.1) is 0 Å². The molecular formula is C24H25NO4. The molecule has 150 valence electrons. The minimum absolute atomic E-state index is 0.381. The van der Waals surface area contributed by atoms with Crippen LogP contribution in [0.15, 0.2) is 53.7 Å². The van der Waals surface area contributed by atoms with Gasteiger partial charge in [0.15, 0.2) is 11.3 Å². The van der Waals surface area contributed by atoms with E-state index in [1.165, 1.54) is 0 Å². The van der Waals surface area contributed by atoms with Gasteiger partial charge in [-0.3, -0.25) is 4.90 Å². The van der Waals surface area contributed by atoms with Crippen LogP contribution < -0.4 is 9.64 Å². The molecular weight excluding hydrogens is 366 g/mol. The summed E-state index contributed by atoms with van der Waals surface area (Å²) in [5.41, 5.74) is 4.64. The summed E-state index contributed by atoms with van der Waals surface area (Å²) in [6.07, 6.45) is 1.32. The van der Waals surface area contributed by atoms with E-state index in [0.29, 0.717) is 24.5 Å². The Hall–Kier alpha value is -3.21. The van der Waals surface area contributed by atoms with Gasteiger partial charge in [0.1, 0.15) is 12.2 Å². The van der Waals surface area contributed by atoms with E-state index < -0.39 is 11.7 Å². The molecule has 0 N–H and O–H groups in total. The number of anilines is 1. The van der Waals surface area contributed by atoms with Gasteiger partial charge in [-0.1, -0.05) is 36.9 Å². The van der Waals surface area contributed by atoms with Crippen LogP contribution in [0.5, 0.6) is 5.75 Å². The minimum atomic E-state index is -0.580. The Balaban J connectivity index is 1.77. The first-order chi connectivity index (χ1) is 13.7. The molecule has 0 fully saturated rings. The predicted octanol–water partition coefficient (Wildman–Crippen LogP) is 6.09. The molecule has 1 aliphatic heterocycles. The number of aryl methyl sites for hydroxylation is 1. The molecule has 0 spiro atoms. The SMILES string of the molecule is C=C1CN(C(=O)OC(C)(C)C)c2cc(OCc3ccccc3)c3occ(C)c3c21. The van der Waals surface area contributed by atoms with E-state index in [1.54, 1.807) is 11.2 Å². The predicted molar refractivity (Wildman–Crippen MR) is 114 cm³/mol. The van der Waals surface area contributed by atoms with E-state index in [0.717, 1.165) is 33.3 Å². The Morgan fingerprint density at radius 2 is 1.97 bits per heavy atom. The zero-order valence-corrected chi connectivity index (χ0v) is 17.2. The summed E-state index contributed by atoms with van der Waals surface area (Å²) < 4.78 is 17.5. The maximum Gasteiger partial charge on any atom is 0.415 e. The molecule has 0 radical (unpaired) electrons. The van der Waals surface area contributed by atoms with Crippen molar-refractivity contribution < 1.29 is 18.7 Å². The second kappa shape index (κ2) is 6.99. The average molecular weight is 391 g/mol. The van der Waals surface area contributed by atoms with Crippen LogP contribution in [-0.2, 0) is 11.3 Å². The maximum atomic E-state index is 12.8. The lowest BCUT2D eigenvalue weighted by Crippen LogP contribution is -2.35. The Bertz CT molecular complexity index is 1090. The quantitative estimate of drug-likeness (QED) is 0.542. The van der Waals surface area contributed by atoms with Crippen molar-refractivity contribution in [3.8, 4) is 5.75 Å². The van der Waals surface area contributed by atoms with Crippen LogP contribution in [-0.4, -0.2) is 18.2 Å². The number of carbonyl (C=O) groups excluding carboxylic acids is 1. The third-order valence-corrected chi connectivity index (χ3v) is 4.82. The van der Waals surface area contributed by atoms with Crippen molar-refractivity contribution in [2.75, 3.05) is 11.4 Å². The zero-order valence-electron chi connectivity index (χ0n) is 17.2. The average Bonchev–Trinajstić information content (AvgIpc) is 3.20. The number of amides is 1. The molecule has 0 unspecified atom stereocenters. The second-order valence-electron chi connectivity index (χ2n) is 8.34. The Labute approximate surface area is 170 Å². The van der Waals surface area contributed by atoms with Gasteiger partial charge in [0, 0.05) is 17.0 Å². The Morgan fingerprint density at radius 1 is 1.24 bits per heavy atom. The number of nitrogens with zero attached hydrogens (tertiary/aromatic N) is 1. The highest BCUT2D eigenvalue weighted by Crippen LogP contribution is 2.46. The molecule has 1 aromatic heterocycles. The Kier molecular flexibility index (Phi) is 4.61. The van der Waals surface area contributed by atoms with Crippen LogP contribution in [0, 0.1) is 6.92 Å². The van der Waals surface area contributed by atoms with E-state index >= 15 is 0 Å². The summed E-state index contributed by atoms with van der Waals surface area (Å²) in [4.78, 5) is 14.4. The van der Waals surface area contributed by atoms with E-state index in [4.69, 9.17) is 13.9 Å². The van der Waals surface area contributed by atoms with Gasteiger partial charge in [-0.25, -0.2) is 4.79 Å². The van der Waals surface area contributed by atoms with Crippen LogP contribution in [0.1, 0.15) is 37.5 Å². The van der Waals surface area contributed by atoms with Gasteiger partial charge in [0.05, 0.1) is 18.5 Å². The highest BCUT2D eigenvalue weighted by atomic mass is 16.6. The Morgan fingerprint density at radius 3 is 2.66 bits per heavy atom. The van der Waals surface area contributed by atoms with Crippen LogP contribution in [0.3, 0.4) is 0 Å². The fraction of sp³-hybridized carbons (Fsp3) is 0.292. The summed E-state index contributed by atoms with van der Waals surface area (Å²) in [5.74, 6) is 0.596. The molecule has 1 amide bonds. The first kappa shape index (κ1) is 19.1. The third-order valence-electron chi connectivity index (χ3n) is 4.82. The number of rotatable bonds is 3. The van der Waals surface area contributed by atoms with Crippen LogP contribution in [0.4, 0.5) is 10.5 Å². The molecule has 5 nitrogen and oxygen atoms in total. The smallest absolute Gasteiger partial charge is 0.415 e. The van der Waals surface area contributed by atoms with Crippen LogP contribution in [0.2, 0.25) is 0 Å². The molecule has 0 saturated carbocycles. The molecule has 29 heavy (non-hydrogen) atoms. The topological polar surface area (TPSA) is 51.9 Å². The van der Waals surface area contributed by atoms with Gasteiger partial charge in [0.2, 0.25) is 0 Å². The molecule has 3 aromatic rings. The number of hydrogen-bond acceptors (Lipinski definition) is 4. The van der Waals surface area contributed by atoms with Crippen molar-refractivity contribution in [3.63, 3.8) is 0 Å². The number of hydrogen-bond donors (Lipinski definition) is 0. The van der Waals surface area contributed by atoms with Gasteiger partial charge < -0.3 is 13.9 Å². The molecule has 0 bridgehead atoms. The van der Waals surface area contributed by atoms with Gasteiger partial charge in [0.25, 0.3) is 0 Å². The first-order valence-corrected chi connectivity index (χ1v) is 9.65. The molecule has 2 aromatic carbocycles. The lowest BCUT2D eigenvalue weighted by atomic mass is 10.0. The normalized spacial score (nSPS) is 13.7. The van der Waals surface area contributed by atoms with Crippen molar-refractivity contribution in [3.05, 3.63) is 65.9 Å². The summed E-state index contributed by atoms with van der Waals surface area (Å²) in [5, 5.41) is 0.932. The van der Waals surface area contributed by atoms with E-state index in [-0.39, 0.29) is 0 Å². The fourth-order valence-electron chi connectivity index (χ4n) is 3.57. The minimum Gasteiger partial charge on any atom is -0.485 e. The van der Waals surface area contributed by atoms with Crippen molar-refractivity contribution in [2.24, 2.45) is 0 Å².